The van der Waals surface area contributed by atoms with Gasteiger partial charge >= 0.3 is 5.97 Å². The minimum atomic E-state index is -0.670. The number of hydrogen-bond acceptors (Lipinski definition) is 4. The van der Waals surface area contributed by atoms with E-state index in [1.165, 1.54) is 0 Å². The Balaban J connectivity index is 2.93. The third kappa shape index (κ3) is 4.85. The summed E-state index contributed by atoms with van der Waals surface area (Å²) in [4.78, 5) is 12.2. The highest BCUT2D eigenvalue weighted by Crippen LogP contribution is 2.27. The number of anilines is 1. The molecule has 0 aliphatic carbocycles. The van der Waals surface area contributed by atoms with Gasteiger partial charge in [0.25, 0.3) is 0 Å². The molecule has 0 heterocycles. The number of ether oxygens (including phenoxy) is 1. The predicted molar refractivity (Wildman–Crippen MR) is 82.3 cm³/mol. The lowest BCUT2D eigenvalue weighted by Crippen LogP contribution is -2.41. The molecule has 0 amide bonds. The van der Waals surface area contributed by atoms with E-state index < -0.39 is 11.6 Å². The molecular weight excluding hydrogens is 252 g/mol. The van der Waals surface area contributed by atoms with Crippen LogP contribution >= 0.6 is 0 Å². The Morgan fingerprint density at radius 1 is 1.35 bits per heavy atom. The summed E-state index contributed by atoms with van der Waals surface area (Å²) < 4.78 is 5.38. The Bertz CT molecular complexity index is 452. The van der Waals surface area contributed by atoms with Crippen molar-refractivity contribution >= 4 is 11.7 Å². The Kier molecular flexibility index (Phi) is 5.57. The van der Waals surface area contributed by atoms with Crippen molar-refractivity contribution in [3.8, 4) is 0 Å². The zero-order valence-corrected chi connectivity index (χ0v) is 12.8. The van der Waals surface area contributed by atoms with Crippen LogP contribution in [0, 0.1) is 0 Å². The van der Waals surface area contributed by atoms with Gasteiger partial charge in [-0.1, -0.05) is 25.5 Å². The van der Waals surface area contributed by atoms with Crippen molar-refractivity contribution in [2.75, 3.05) is 5.73 Å². The molecular formula is C16H26N2O2. The van der Waals surface area contributed by atoms with Gasteiger partial charge in [0.1, 0.15) is 11.6 Å². The van der Waals surface area contributed by atoms with Crippen LogP contribution in [0.2, 0.25) is 0 Å². The van der Waals surface area contributed by atoms with Gasteiger partial charge in [-0.25, -0.2) is 0 Å². The number of hydrogen-bond donors (Lipinski definition) is 2. The monoisotopic (exact) mass is 278 g/mol. The molecule has 0 aromatic heterocycles. The minimum absolute atomic E-state index is 0.0710. The number of carbonyl (C=O) groups excluding carboxylic acids is 1. The Labute approximate surface area is 121 Å². The van der Waals surface area contributed by atoms with Gasteiger partial charge in [0.05, 0.1) is 0 Å². The van der Waals surface area contributed by atoms with Crippen molar-refractivity contribution in [3.63, 3.8) is 0 Å². The summed E-state index contributed by atoms with van der Waals surface area (Å²) in [5, 5.41) is 0. The molecule has 0 spiro atoms. The summed E-state index contributed by atoms with van der Waals surface area (Å²) in [5.74, 6) is -0.434. The highest BCUT2D eigenvalue weighted by Gasteiger charge is 2.29. The van der Waals surface area contributed by atoms with Crippen LogP contribution in [0.15, 0.2) is 24.3 Å². The third-order valence-electron chi connectivity index (χ3n) is 3.05. The number of esters is 1. The maximum atomic E-state index is 12.2. The molecule has 0 aliphatic heterocycles. The van der Waals surface area contributed by atoms with Crippen molar-refractivity contribution in [2.45, 2.75) is 58.1 Å². The molecule has 0 bridgehead atoms. The minimum Gasteiger partial charge on any atom is -0.459 e. The highest BCUT2D eigenvalue weighted by molar-refractivity contribution is 5.77. The van der Waals surface area contributed by atoms with Gasteiger partial charge in [-0.2, -0.15) is 0 Å². The maximum Gasteiger partial charge on any atom is 0.324 e. The fraction of sp³-hybridized carbons (Fsp3) is 0.562. The fourth-order valence-electron chi connectivity index (χ4n) is 2.19. The second kappa shape index (κ2) is 6.75. The van der Waals surface area contributed by atoms with E-state index in [2.05, 4.69) is 6.92 Å². The van der Waals surface area contributed by atoms with Gasteiger partial charge in [-0.15, -0.1) is 0 Å². The first-order chi connectivity index (χ1) is 9.24. The van der Waals surface area contributed by atoms with Crippen LogP contribution in [0.25, 0.3) is 0 Å². The van der Waals surface area contributed by atoms with Crippen molar-refractivity contribution in [1.82, 2.24) is 0 Å². The summed E-state index contributed by atoms with van der Waals surface area (Å²) in [7, 11) is 0. The number of nitrogens with two attached hydrogens (primary N) is 2. The second-order valence-electron chi connectivity index (χ2n) is 6.12. The van der Waals surface area contributed by atoms with Crippen molar-refractivity contribution < 1.29 is 9.53 Å². The Morgan fingerprint density at radius 2 is 2.00 bits per heavy atom. The zero-order valence-electron chi connectivity index (χ0n) is 12.8. The summed E-state index contributed by atoms with van der Waals surface area (Å²) >= 11 is 0. The average molecular weight is 278 g/mol. The quantitative estimate of drug-likeness (QED) is 0.641. The lowest BCUT2D eigenvalue weighted by atomic mass is 9.87. The van der Waals surface area contributed by atoms with E-state index in [4.69, 9.17) is 16.2 Å². The molecule has 0 fully saturated rings. The number of rotatable bonds is 5. The molecule has 1 aromatic carbocycles. The molecule has 4 heteroatoms. The SMILES string of the molecule is CCCC(c1cccc(N)c1)C(N)C(=O)OC(C)(C)C. The van der Waals surface area contributed by atoms with Crippen LogP contribution in [0.1, 0.15) is 52.0 Å². The van der Waals surface area contributed by atoms with Crippen molar-refractivity contribution in [1.29, 1.82) is 0 Å². The Hall–Kier alpha value is -1.55. The van der Waals surface area contributed by atoms with E-state index in [1.54, 1.807) is 0 Å². The summed E-state index contributed by atoms with van der Waals surface area (Å²) in [6.07, 6.45) is 1.76. The van der Waals surface area contributed by atoms with Crippen LogP contribution < -0.4 is 11.5 Å². The van der Waals surface area contributed by atoms with E-state index in [1.807, 2.05) is 45.0 Å². The lowest BCUT2D eigenvalue weighted by molar-refractivity contribution is -0.157. The first kappa shape index (κ1) is 16.5. The van der Waals surface area contributed by atoms with E-state index >= 15 is 0 Å². The number of nitrogen functional groups attached to an aromatic ring is 1. The normalized spacial score (nSPS) is 14.7. The lowest BCUT2D eigenvalue weighted by Gasteiger charge is -2.27. The smallest absolute Gasteiger partial charge is 0.324 e. The summed E-state index contributed by atoms with van der Waals surface area (Å²) in [6, 6.07) is 6.88. The second-order valence-corrected chi connectivity index (χ2v) is 6.12. The largest absolute Gasteiger partial charge is 0.459 e. The van der Waals surface area contributed by atoms with Crippen LogP contribution in [0.3, 0.4) is 0 Å². The van der Waals surface area contributed by atoms with Gasteiger partial charge in [0.2, 0.25) is 0 Å². The van der Waals surface area contributed by atoms with Gasteiger partial charge < -0.3 is 16.2 Å². The molecule has 4 nitrogen and oxygen atoms in total. The molecule has 0 saturated heterocycles. The summed E-state index contributed by atoms with van der Waals surface area (Å²) in [6.45, 7) is 7.59. The van der Waals surface area contributed by atoms with Crippen LogP contribution in [-0.2, 0) is 9.53 Å². The standard InChI is InChI=1S/C16H26N2O2/c1-5-7-13(11-8-6-9-12(17)10-11)14(18)15(19)20-16(2,3)4/h6,8-10,13-14H,5,7,17-18H2,1-4H3. The van der Waals surface area contributed by atoms with Crippen LogP contribution in [-0.4, -0.2) is 17.6 Å². The highest BCUT2D eigenvalue weighted by atomic mass is 16.6. The van der Waals surface area contributed by atoms with Crippen molar-refractivity contribution in [3.05, 3.63) is 29.8 Å². The molecule has 20 heavy (non-hydrogen) atoms. The molecule has 0 saturated carbocycles. The van der Waals surface area contributed by atoms with Crippen LogP contribution in [0.5, 0.6) is 0 Å². The third-order valence-corrected chi connectivity index (χ3v) is 3.05. The molecule has 2 atom stereocenters. The molecule has 1 rings (SSSR count). The first-order valence-electron chi connectivity index (χ1n) is 7.08. The van der Waals surface area contributed by atoms with Gasteiger partial charge in [0.15, 0.2) is 0 Å². The average Bonchev–Trinajstić information content (AvgIpc) is 2.33. The fourth-order valence-corrected chi connectivity index (χ4v) is 2.19. The molecule has 0 radical (unpaired) electrons. The van der Waals surface area contributed by atoms with Gasteiger partial charge in [-0.3, -0.25) is 4.79 Å². The molecule has 0 aliphatic rings. The Morgan fingerprint density at radius 3 is 2.50 bits per heavy atom. The van der Waals surface area contributed by atoms with Gasteiger partial charge in [-0.05, 0) is 44.9 Å². The first-order valence-corrected chi connectivity index (χ1v) is 7.08. The van der Waals surface area contributed by atoms with Crippen LogP contribution in [0.4, 0.5) is 5.69 Å². The predicted octanol–water partition coefficient (Wildman–Crippen LogP) is 2.82. The van der Waals surface area contributed by atoms with E-state index in [9.17, 15) is 4.79 Å². The molecule has 112 valence electrons. The maximum absolute atomic E-state index is 12.2. The van der Waals surface area contributed by atoms with E-state index in [-0.39, 0.29) is 11.9 Å². The van der Waals surface area contributed by atoms with E-state index in [0.29, 0.717) is 5.69 Å². The molecule has 4 N–H and O–H groups in total. The summed E-state index contributed by atoms with van der Waals surface area (Å²) in [5.41, 5.74) is 13.1. The zero-order chi connectivity index (χ0) is 15.3. The topological polar surface area (TPSA) is 78.3 Å². The number of benzene rings is 1. The molecule has 1 aromatic rings. The molecule has 2 unspecified atom stereocenters. The number of carbonyl (C=O) groups is 1. The van der Waals surface area contributed by atoms with E-state index in [0.717, 1.165) is 18.4 Å². The van der Waals surface area contributed by atoms with Crippen molar-refractivity contribution in [2.24, 2.45) is 5.73 Å². The van der Waals surface area contributed by atoms with Gasteiger partial charge in [0, 0.05) is 11.6 Å².